The van der Waals surface area contributed by atoms with E-state index in [1.807, 2.05) is 12.1 Å². The Kier molecular flexibility index (Phi) is 6.74. The van der Waals surface area contributed by atoms with Crippen molar-refractivity contribution in [3.05, 3.63) is 29.8 Å². The summed E-state index contributed by atoms with van der Waals surface area (Å²) in [4.78, 5) is 0. The molecule has 1 rings (SSSR count). The summed E-state index contributed by atoms with van der Waals surface area (Å²) in [6, 6.07) is 7.93. The first-order chi connectivity index (χ1) is 10.5. The van der Waals surface area contributed by atoms with Crippen LogP contribution in [-0.4, -0.2) is 5.11 Å². The molecule has 0 heterocycles. The van der Waals surface area contributed by atoms with Crippen molar-refractivity contribution >= 4 is 0 Å². The lowest BCUT2D eigenvalue weighted by Crippen LogP contribution is -2.25. The molecule has 23 heavy (non-hydrogen) atoms. The fourth-order valence-electron chi connectivity index (χ4n) is 3.44. The lowest BCUT2D eigenvalue weighted by atomic mass is 9.69. The maximum atomic E-state index is 10.4. The Labute approximate surface area is 144 Å². The van der Waals surface area contributed by atoms with E-state index < -0.39 is 0 Å². The lowest BCUT2D eigenvalue weighted by molar-refractivity contribution is 0.176. The second kappa shape index (κ2) is 7.73. The van der Waals surface area contributed by atoms with Gasteiger partial charge in [-0.25, -0.2) is 0 Å². The van der Waals surface area contributed by atoms with Crippen LogP contribution < -0.4 is 0 Å². The molecule has 1 heteroatoms. The second-order valence-corrected chi connectivity index (χ2v) is 9.47. The molecule has 0 aliphatic rings. The van der Waals surface area contributed by atoms with Gasteiger partial charge in [0.25, 0.3) is 0 Å². The lowest BCUT2D eigenvalue weighted by Gasteiger charge is -2.36. The highest BCUT2D eigenvalue weighted by atomic mass is 16.3. The van der Waals surface area contributed by atoms with Gasteiger partial charge in [0.2, 0.25) is 0 Å². The van der Waals surface area contributed by atoms with Gasteiger partial charge in [0.1, 0.15) is 5.75 Å². The van der Waals surface area contributed by atoms with Crippen LogP contribution in [0.3, 0.4) is 0 Å². The number of phenols is 1. The summed E-state index contributed by atoms with van der Waals surface area (Å²) in [6.07, 6.45) is 3.48. The highest BCUT2D eigenvalue weighted by Crippen LogP contribution is 2.43. The molecule has 132 valence electrons. The number of benzene rings is 1. The molecule has 1 aromatic carbocycles. The third-order valence-electron chi connectivity index (χ3n) is 5.78. The molecule has 0 saturated heterocycles. The molecule has 0 aromatic heterocycles. The van der Waals surface area contributed by atoms with E-state index in [9.17, 15) is 5.11 Å². The minimum absolute atomic E-state index is 0.298. The van der Waals surface area contributed by atoms with Gasteiger partial charge in [-0.1, -0.05) is 80.0 Å². The van der Waals surface area contributed by atoms with E-state index >= 15 is 0 Å². The zero-order chi connectivity index (χ0) is 17.8. The van der Waals surface area contributed by atoms with Crippen LogP contribution in [0.5, 0.6) is 5.75 Å². The van der Waals surface area contributed by atoms with E-state index in [4.69, 9.17) is 0 Å². The minimum Gasteiger partial charge on any atom is -0.508 e. The van der Waals surface area contributed by atoms with Crippen LogP contribution in [0, 0.1) is 22.7 Å². The van der Waals surface area contributed by atoms with Crippen LogP contribution >= 0.6 is 0 Å². The molecule has 1 nitrogen and oxygen atoms in total. The van der Waals surface area contributed by atoms with E-state index in [1.165, 1.54) is 6.42 Å². The van der Waals surface area contributed by atoms with E-state index in [0.717, 1.165) is 18.4 Å². The van der Waals surface area contributed by atoms with Crippen LogP contribution in [0.1, 0.15) is 86.1 Å². The summed E-state index contributed by atoms with van der Waals surface area (Å²) in [5.74, 6) is 2.17. The third-order valence-corrected chi connectivity index (χ3v) is 5.78. The first kappa shape index (κ1) is 20.1. The molecular formula is C22H38O. The number of hydrogen-bond acceptors (Lipinski definition) is 1. The standard InChI is InChI=1S/C22H38O/c1-9-18(22(6,7)8)15-17(14-16(2)21(3,4)5)19-12-10-11-13-20(19)23/h10-13,16-18,23H,9,14-15H2,1-8H3. The number of rotatable bonds is 6. The van der Waals surface area contributed by atoms with Gasteiger partial charge in [-0.15, -0.1) is 0 Å². The van der Waals surface area contributed by atoms with E-state index in [-0.39, 0.29) is 0 Å². The number of hydrogen-bond donors (Lipinski definition) is 1. The molecule has 0 radical (unpaired) electrons. The number of para-hydroxylation sites is 1. The largest absolute Gasteiger partial charge is 0.508 e. The molecule has 0 saturated carbocycles. The predicted molar refractivity (Wildman–Crippen MR) is 102 cm³/mol. The van der Waals surface area contributed by atoms with Gasteiger partial charge in [0.15, 0.2) is 0 Å². The zero-order valence-electron chi connectivity index (χ0n) is 16.6. The molecule has 0 spiro atoms. The summed E-state index contributed by atoms with van der Waals surface area (Å²) in [5.41, 5.74) is 1.74. The van der Waals surface area contributed by atoms with Crippen LogP contribution in [0.4, 0.5) is 0 Å². The van der Waals surface area contributed by atoms with E-state index in [2.05, 4.69) is 67.5 Å². The highest BCUT2D eigenvalue weighted by molar-refractivity contribution is 5.35. The van der Waals surface area contributed by atoms with Crippen LogP contribution in [0.2, 0.25) is 0 Å². The second-order valence-electron chi connectivity index (χ2n) is 9.47. The summed E-state index contributed by atoms with van der Waals surface area (Å²) in [6.45, 7) is 18.6. The summed E-state index contributed by atoms with van der Waals surface area (Å²) < 4.78 is 0. The predicted octanol–water partition coefficient (Wildman–Crippen LogP) is 7.01. The Balaban J connectivity index is 3.09. The Morgan fingerprint density at radius 3 is 1.91 bits per heavy atom. The average Bonchev–Trinajstić information content (AvgIpc) is 2.41. The van der Waals surface area contributed by atoms with Crippen molar-refractivity contribution in [3.63, 3.8) is 0 Å². The van der Waals surface area contributed by atoms with Crippen molar-refractivity contribution in [3.8, 4) is 5.75 Å². The third kappa shape index (κ3) is 5.86. The zero-order valence-corrected chi connectivity index (χ0v) is 16.6. The Hall–Kier alpha value is -0.980. The summed E-state index contributed by atoms with van der Waals surface area (Å²) >= 11 is 0. The Morgan fingerprint density at radius 2 is 1.48 bits per heavy atom. The first-order valence-corrected chi connectivity index (χ1v) is 9.24. The topological polar surface area (TPSA) is 20.2 Å². The minimum atomic E-state index is 0.298. The molecule has 0 bridgehead atoms. The van der Waals surface area contributed by atoms with Crippen molar-refractivity contribution in [2.45, 2.75) is 80.6 Å². The Morgan fingerprint density at radius 1 is 0.913 bits per heavy atom. The van der Waals surface area contributed by atoms with Gasteiger partial charge in [0.05, 0.1) is 0 Å². The van der Waals surface area contributed by atoms with Crippen LogP contribution in [0.25, 0.3) is 0 Å². The smallest absolute Gasteiger partial charge is 0.119 e. The summed E-state index contributed by atoms with van der Waals surface area (Å²) in [5, 5.41) is 10.4. The van der Waals surface area contributed by atoms with Crippen molar-refractivity contribution in [2.75, 3.05) is 0 Å². The van der Waals surface area contributed by atoms with Crippen LogP contribution in [-0.2, 0) is 0 Å². The molecule has 3 atom stereocenters. The summed E-state index contributed by atoms with van der Waals surface area (Å²) in [7, 11) is 0. The monoisotopic (exact) mass is 318 g/mol. The Bertz CT molecular complexity index is 475. The van der Waals surface area contributed by atoms with Crippen molar-refractivity contribution in [1.82, 2.24) is 0 Å². The SMILES string of the molecule is CCC(CC(CC(C)C(C)(C)C)c1ccccc1O)C(C)(C)C. The normalized spacial score (nSPS) is 16.9. The number of phenolic OH excluding ortho intramolecular Hbond substituents is 1. The maximum Gasteiger partial charge on any atom is 0.119 e. The first-order valence-electron chi connectivity index (χ1n) is 9.24. The van der Waals surface area contributed by atoms with Gasteiger partial charge in [-0.2, -0.15) is 0 Å². The average molecular weight is 319 g/mol. The highest BCUT2D eigenvalue weighted by Gasteiger charge is 2.31. The number of aromatic hydroxyl groups is 1. The van der Waals surface area contributed by atoms with Crippen molar-refractivity contribution in [1.29, 1.82) is 0 Å². The molecule has 0 fully saturated rings. The fraction of sp³-hybridized carbons (Fsp3) is 0.727. The van der Waals surface area contributed by atoms with E-state index in [0.29, 0.717) is 34.3 Å². The quantitative estimate of drug-likeness (QED) is 0.598. The van der Waals surface area contributed by atoms with Crippen LogP contribution in [0.15, 0.2) is 24.3 Å². The van der Waals surface area contributed by atoms with Gasteiger partial charge < -0.3 is 5.11 Å². The van der Waals surface area contributed by atoms with Crippen molar-refractivity contribution in [2.24, 2.45) is 22.7 Å². The fourth-order valence-corrected chi connectivity index (χ4v) is 3.44. The van der Waals surface area contributed by atoms with Gasteiger partial charge in [-0.05, 0) is 53.1 Å². The molecule has 1 aromatic rings. The molecule has 0 amide bonds. The van der Waals surface area contributed by atoms with Gasteiger partial charge in [0, 0.05) is 0 Å². The molecule has 1 N–H and O–H groups in total. The van der Waals surface area contributed by atoms with E-state index in [1.54, 1.807) is 0 Å². The molecule has 3 unspecified atom stereocenters. The van der Waals surface area contributed by atoms with Gasteiger partial charge >= 0.3 is 0 Å². The molecular weight excluding hydrogens is 280 g/mol. The van der Waals surface area contributed by atoms with Crippen molar-refractivity contribution < 1.29 is 5.11 Å². The molecule has 0 aliphatic heterocycles. The maximum absolute atomic E-state index is 10.4. The van der Waals surface area contributed by atoms with Gasteiger partial charge in [-0.3, -0.25) is 0 Å². The molecule has 0 aliphatic carbocycles.